The monoisotopic (exact) mass is 339 g/mol. The largest absolute Gasteiger partial charge is 0.480 e. The molecule has 0 radical (unpaired) electrons. The molecule has 0 spiro atoms. The van der Waals surface area contributed by atoms with Crippen LogP contribution in [-0.2, 0) is 4.79 Å². The van der Waals surface area contributed by atoms with Gasteiger partial charge in [0.1, 0.15) is 12.1 Å². The summed E-state index contributed by atoms with van der Waals surface area (Å²) in [5.74, 6) is -1.09. The molecule has 0 heterocycles. The maximum atomic E-state index is 11.8. The number of nitriles is 1. The highest BCUT2D eigenvalue weighted by Gasteiger charge is 2.19. The number of aliphatic carboxylic acids is 1. The molecular weight excluding hydrogens is 326 g/mol. The van der Waals surface area contributed by atoms with E-state index in [-0.39, 0.29) is 0 Å². The number of amides is 2. The fourth-order valence-electron chi connectivity index (χ4n) is 1.58. The number of benzene rings is 1. The summed E-state index contributed by atoms with van der Waals surface area (Å²) in [6, 6.07) is 5.16. The van der Waals surface area contributed by atoms with Gasteiger partial charge in [0, 0.05) is 4.47 Å². The topological polar surface area (TPSA) is 102 Å². The molecule has 0 saturated heterocycles. The first-order chi connectivity index (χ1) is 9.47. The van der Waals surface area contributed by atoms with Crippen LogP contribution in [0.25, 0.3) is 0 Å². The van der Waals surface area contributed by atoms with Crippen LogP contribution in [0, 0.1) is 11.3 Å². The van der Waals surface area contributed by atoms with Crippen LogP contribution in [0.3, 0.4) is 0 Å². The quantitative estimate of drug-likeness (QED) is 0.767. The number of halogens is 1. The molecule has 1 aromatic rings. The molecule has 1 unspecified atom stereocenters. The number of anilines is 1. The molecule has 1 rings (SSSR count). The minimum Gasteiger partial charge on any atom is -0.480 e. The van der Waals surface area contributed by atoms with E-state index in [1.807, 2.05) is 13.0 Å². The summed E-state index contributed by atoms with van der Waals surface area (Å²) in [4.78, 5) is 22.7. The van der Waals surface area contributed by atoms with Crippen molar-refractivity contribution < 1.29 is 14.7 Å². The van der Waals surface area contributed by atoms with Crippen LogP contribution >= 0.6 is 15.9 Å². The van der Waals surface area contributed by atoms with Gasteiger partial charge in [-0.15, -0.1) is 0 Å². The Labute approximate surface area is 124 Å². The summed E-state index contributed by atoms with van der Waals surface area (Å²) in [5, 5.41) is 22.7. The number of rotatable bonds is 5. The SMILES string of the molecule is CCCC(NC(=O)Nc1cc(Br)ccc1C#N)C(=O)O. The van der Waals surface area contributed by atoms with Crippen LogP contribution in [0.15, 0.2) is 22.7 Å². The van der Waals surface area contributed by atoms with Crippen LogP contribution in [0.1, 0.15) is 25.3 Å². The number of carbonyl (C=O) groups excluding carboxylic acids is 1. The van der Waals surface area contributed by atoms with Crippen molar-refractivity contribution in [3.05, 3.63) is 28.2 Å². The number of urea groups is 1. The van der Waals surface area contributed by atoms with Gasteiger partial charge < -0.3 is 15.7 Å². The van der Waals surface area contributed by atoms with Gasteiger partial charge in [-0.2, -0.15) is 5.26 Å². The standard InChI is InChI=1S/C13H14BrN3O3/c1-2-3-10(12(18)19)16-13(20)17-11-6-9(14)5-4-8(11)7-15/h4-6,10H,2-3H2,1H3,(H,18,19)(H2,16,17,20). The van der Waals surface area contributed by atoms with Gasteiger partial charge in [0.25, 0.3) is 0 Å². The first-order valence-electron chi connectivity index (χ1n) is 5.98. The number of nitrogens with zero attached hydrogens (tertiary/aromatic N) is 1. The molecule has 6 nitrogen and oxygen atoms in total. The van der Waals surface area contributed by atoms with E-state index in [0.29, 0.717) is 28.6 Å². The third-order valence-corrected chi connectivity index (χ3v) is 3.02. The third kappa shape index (κ3) is 4.55. The minimum atomic E-state index is -1.09. The average Bonchev–Trinajstić information content (AvgIpc) is 2.38. The summed E-state index contributed by atoms with van der Waals surface area (Å²) < 4.78 is 0.704. The van der Waals surface area contributed by atoms with Crippen LogP contribution < -0.4 is 10.6 Å². The Morgan fingerprint density at radius 2 is 2.20 bits per heavy atom. The van der Waals surface area contributed by atoms with Gasteiger partial charge in [0.15, 0.2) is 0 Å². The van der Waals surface area contributed by atoms with E-state index >= 15 is 0 Å². The first-order valence-corrected chi connectivity index (χ1v) is 6.77. The zero-order valence-corrected chi connectivity index (χ0v) is 12.4. The Morgan fingerprint density at radius 1 is 1.50 bits per heavy atom. The second-order valence-corrected chi connectivity index (χ2v) is 5.00. The Hall–Kier alpha value is -2.07. The Kier molecular flexibility index (Phi) is 6.00. The van der Waals surface area contributed by atoms with Crippen molar-refractivity contribution in [3.63, 3.8) is 0 Å². The van der Waals surface area contributed by atoms with Gasteiger partial charge in [-0.1, -0.05) is 29.3 Å². The predicted octanol–water partition coefficient (Wildman–Crippen LogP) is 2.70. The average molecular weight is 340 g/mol. The van der Waals surface area contributed by atoms with Crippen molar-refractivity contribution in [3.8, 4) is 6.07 Å². The lowest BCUT2D eigenvalue weighted by molar-refractivity contribution is -0.139. The molecule has 106 valence electrons. The Morgan fingerprint density at radius 3 is 2.75 bits per heavy atom. The number of hydrogen-bond donors (Lipinski definition) is 3. The van der Waals surface area contributed by atoms with Crippen molar-refractivity contribution in [1.29, 1.82) is 5.26 Å². The first kappa shape index (κ1) is 16.0. The van der Waals surface area contributed by atoms with E-state index < -0.39 is 18.0 Å². The molecule has 0 fully saturated rings. The maximum absolute atomic E-state index is 11.8. The second kappa shape index (κ2) is 7.50. The smallest absolute Gasteiger partial charge is 0.326 e. The molecule has 0 aliphatic carbocycles. The summed E-state index contributed by atoms with van der Waals surface area (Å²) >= 11 is 3.24. The van der Waals surface area contributed by atoms with Gasteiger partial charge in [0.2, 0.25) is 0 Å². The van der Waals surface area contributed by atoms with Crippen molar-refractivity contribution in [1.82, 2.24) is 5.32 Å². The number of carbonyl (C=O) groups is 2. The highest BCUT2D eigenvalue weighted by molar-refractivity contribution is 9.10. The van der Waals surface area contributed by atoms with Crippen LogP contribution in [-0.4, -0.2) is 23.1 Å². The molecule has 1 atom stereocenters. The van der Waals surface area contributed by atoms with Crippen LogP contribution in [0.5, 0.6) is 0 Å². The maximum Gasteiger partial charge on any atom is 0.326 e. The van der Waals surface area contributed by atoms with Crippen LogP contribution in [0.2, 0.25) is 0 Å². The fourth-order valence-corrected chi connectivity index (χ4v) is 1.94. The molecule has 1 aromatic carbocycles. The van der Waals surface area contributed by atoms with E-state index in [9.17, 15) is 9.59 Å². The molecule has 2 amide bonds. The fraction of sp³-hybridized carbons (Fsp3) is 0.308. The molecule has 7 heteroatoms. The minimum absolute atomic E-state index is 0.297. The molecule has 0 aliphatic heterocycles. The van der Waals surface area contributed by atoms with E-state index in [4.69, 9.17) is 10.4 Å². The highest BCUT2D eigenvalue weighted by Crippen LogP contribution is 2.20. The van der Waals surface area contributed by atoms with Gasteiger partial charge >= 0.3 is 12.0 Å². The highest BCUT2D eigenvalue weighted by atomic mass is 79.9. The van der Waals surface area contributed by atoms with Crippen molar-refractivity contribution in [2.24, 2.45) is 0 Å². The molecule has 0 aromatic heterocycles. The molecule has 0 saturated carbocycles. The zero-order valence-electron chi connectivity index (χ0n) is 10.8. The number of carboxylic acids is 1. The van der Waals surface area contributed by atoms with Crippen LogP contribution in [0.4, 0.5) is 10.5 Å². The van der Waals surface area contributed by atoms with E-state index in [0.717, 1.165) is 0 Å². The summed E-state index contributed by atoms with van der Waals surface area (Å²) in [6.07, 6.45) is 0.976. The lowest BCUT2D eigenvalue weighted by Crippen LogP contribution is -2.43. The lowest BCUT2D eigenvalue weighted by Gasteiger charge is -2.14. The number of hydrogen-bond acceptors (Lipinski definition) is 3. The van der Waals surface area contributed by atoms with Gasteiger partial charge in [0.05, 0.1) is 11.3 Å². The third-order valence-electron chi connectivity index (χ3n) is 2.53. The Balaban J connectivity index is 2.78. The second-order valence-electron chi connectivity index (χ2n) is 4.08. The zero-order chi connectivity index (χ0) is 15.1. The van der Waals surface area contributed by atoms with Gasteiger partial charge in [-0.05, 0) is 24.6 Å². The van der Waals surface area contributed by atoms with E-state index in [1.54, 1.807) is 18.2 Å². The molecular formula is C13H14BrN3O3. The number of carboxylic acid groups (broad SMARTS) is 1. The molecule has 20 heavy (non-hydrogen) atoms. The predicted molar refractivity (Wildman–Crippen MR) is 77.3 cm³/mol. The van der Waals surface area contributed by atoms with Gasteiger partial charge in [-0.3, -0.25) is 0 Å². The summed E-state index contributed by atoms with van der Waals surface area (Å²) in [7, 11) is 0. The van der Waals surface area contributed by atoms with Crippen molar-refractivity contribution in [2.75, 3.05) is 5.32 Å². The molecule has 0 aliphatic rings. The molecule has 0 bridgehead atoms. The van der Waals surface area contributed by atoms with E-state index in [2.05, 4.69) is 26.6 Å². The van der Waals surface area contributed by atoms with Crippen molar-refractivity contribution in [2.45, 2.75) is 25.8 Å². The number of nitrogens with one attached hydrogen (secondary N) is 2. The lowest BCUT2D eigenvalue weighted by atomic mass is 10.1. The van der Waals surface area contributed by atoms with Crippen molar-refractivity contribution >= 4 is 33.6 Å². The summed E-state index contributed by atoms with van der Waals surface area (Å²) in [5.41, 5.74) is 0.616. The van der Waals surface area contributed by atoms with E-state index in [1.165, 1.54) is 0 Å². The molecule has 3 N–H and O–H groups in total. The normalized spacial score (nSPS) is 11.2. The Bertz CT molecular complexity index is 554. The van der Waals surface area contributed by atoms with Gasteiger partial charge in [-0.25, -0.2) is 9.59 Å². The summed E-state index contributed by atoms with van der Waals surface area (Å²) in [6.45, 7) is 1.83.